The van der Waals surface area contributed by atoms with Crippen LogP contribution >= 0.6 is 0 Å². The van der Waals surface area contributed by atoms with Gasteiger partial charge in [-0.15, -0.1) is 0 Å². The molecule has 2 aromatic carbocycles. The molecule has 0 radical (unpaired) electrons. The molecule has 2 heterocycles. The van der Waals surface area contributed by atoms with E-state index >= 15 is 0 Å². The highest BCUT2D eigenvalue weighted by Crippen LogP contribution is 2.31. The fourth-order valence-corrected chi connectivity index (χ4v) is 5.17. The average molecular weight is 437 g/mol. The van der Waals surface area contributed by atoms with Crippen molar-refractivity contribution in [3.8, 4) is 5.75 Å². The second-order valence-electron chi connectivity index (χ2n) is 9.73. The predicted molar refractivity (Wildman–Crippen MR) is 123 cm³/mol. The Kier molecular flexibility index (Phi) is 6.44. The minimum Gasteiger partial charge on any atom is -0.493 e. The van der Waals surface area contributed by atoms with E-state index in [0.717, 1.165) is 48.8 Å². The van der Waals surface area contributed by atoms with E-state index in [1.54, 1.807) is 12.1 Å². The lowest BCUT2D eigenvalue weighted by molar-refractivity contribution is -0.134. The number of ether oxygens (including phenoxy) is 1. The zero-order valence-electron chi connectivity index (χ0n) is 18.7. The van der Waals surface area contributed by atoms with Crippen molar-refractivity contribution in [2.24, 2.45) is 5.92 Å². The highest BCUT2D eigenvalue weighted by molar-refractivity contribution is 5.79. The standard InChI is InChI=1S/C27H33FN2O2/c28-23-9-5-21(6-10-23)18-30(25-13-15-29-14-1-2-24(29)17-25)27(31)16-20-7-11-26(12-8-20)32-19-22-3-4-22/h5-12,22,24-25H,1-4,13-19H2/t24-,25-/m0/s1. The summed E-state index contributed by atoms with van der Waals surface area (Å²) >= 11 is 0. The Morgan fingerprint density at radius 3 is 2.47 bits per heavy atom. The molecule has 2 aromatic rings. The van der Waals surface area contributed by atoms with Crippen molar-refractivity contribution in [1.82, 2.24) is 9.80 Å². The number of halogens is 1. The van der Waals surface area contributed by atoms with Crippen molar-refractivity contribution in [3.63, 3.8) is 0 Å². The molecule has 3 fully saturated rings. The first kappa shape index (κ1) is 21.4. The molecule has 1 saturated carbocycles. The third kappa shape index (κ3) is 5.32. The van der Waals surface area contributed by atoms with Crippen molar-refractivity contribution in [1.29, 1.82) is 0 Å². The molecule has 0 spiro atoms. The van der Waals surface area contributed by atoms with Gasteiger partial charge in [-0.25, -0.2) is 4.39 Å². The van der Waals surface area contributed by atoms with Crippen molar-refractivity contribution < 1.29 is 13.9 Å². The molecule has 5 heteroatoms. The van der Waals surface area contributed by atoms with Crippen LogP contribution in [0, 0.1) is 11.7 Å². The van der Waals surface area contributed by atoms with Gasteiger partial charge in [0, 0.05) is 25.2 Å². The van der Waals surface area contributed by atoms with Crippen molar-refractivity contribution in [3.05, 3.63) is 65.5 Å². The van der Waals surface area contributed by atoms with Crippen molar-refractivity contribution in [2.45, 2.75) is 63.6 Å². The van der Waals surface area contributed by atoms with E-state index in [1.807, 2.05) is 24.3 Å². The molecule has 3 aliphatic rings. The van der Waals surface area contributed by atoms with E-state index < -0.39 is 0 Å². The first-order valence-corrected chi connectivity index (χ1v) is 12.1. The number of amides is 1. The van der Waals surface area contributed by atoms with Gasteiger partial charge in [0.15, 0.2) is 0 Å². The first-order valence-electron chi connectivity index (χ1n) is 12.1. The van der Waals surface area contributed by atoms with Crippen LogP contribution in [-0.4, -0.2) is 47.5 Å². The highest BCUT2D eigenvalue weighted by Gasteiger charge is 2.35. The van der Waals surface area contributed by atoms with Crippen molar-refractivity contribution in [2.75, 3.05) is 19.7 Å². The van der Waals surface area contributed by atoms with Gasteiger partial charge in [0.1, 0.15) is 11.6 Å². The van der Waals surface area contributed by atoms with Crippen molar-refractivity contribution >= 4 is 5.91 Å². The Balaban J connectivity index is 1.27. The molecular weight excluding hydrogens is 403 g/mol. The number of nitrogens with zero attached hydrogens (tertiary/aromatic N) is 2. The van der Waals surface area contributed by atoms with E-state index in [-0.39, 0.29) is 17.8 Å². The molecule has 0 unspecified atom stereocenters. The summed E-state index contributed by atoms with van der Waals surface area (Å²) in [4.78, 5) is 18.1. The lowest BCUT2D eigenvalue weighted by Crippen LogP contribution is -2.49. The van der Waals surface area contributed by atoms with E-state index in [9.17, 15) is 9.18 Å². The maximum atomic E-state index is 13.5. The van der Waals surface area contributed by atoms with Crippen LogP contribution in [0.3, 0.4) is 0 Å². The van der Waals surface area contributed by atoms with E-state index in [0.29, 0.717) is 19.0 Å². The fourth-order valence-electron chi connectivity index (χ4n) is 5.17. The first-order chi connectivity index (χ1) is 15.6. The lowest BCUT2D eigenvalue weighted by atomic mass is 9.95. The molecule has 1 amide bonds. The Morgan fingerprint density at radius 2 is 1.72 bits per heavy atom. The maximum absolute atomic E-state index is 13.5. The summed E-state index contributed by atoms with van der Waals surface area (Å²) in [5.74, 6) is 1.51. The van der Waals surface area contributed by atoms with Crippen LogP contribution in [0.15, 0.2) is 48.5 Å². The smallest absolute Gasteiger partial charge is 0.227 e. The van der Waals surface area contributed by atoms with Gasteiger partial charge in [-0.3, -0.25) is 4.79 Å². The number of rotatable bonds is 8. The number of fused-ring (bicyclic) bond motifs is 1. The quantitative estimate of drug-likeness (QED) is 0.595. The topological polar surface area (TPSA) is 32.8 Å². The predicted octanol–water partition coefficient (Wildman–Crippen LogP) is 4.81. The maximum Gasteiger partial charge on any atom is 0.227 e. The Hall–Kier alpha value is -2.40. The average Bonchev–Trinajstić information content (AvgIpc) is 3.52. The SMILES string of the molecule is O=C(Cc1ccc(OCC2CC2)cc1)N(Cc1ccc(F)cc1)[C@H]1CCN2CCC[C@H]2C1. The van der Waals surface area contributed by atoms with E-state index in [1.165, 1.54) is 44.4 Å². The molecule has 2 atom stereocenters. The summed E-state index contributed by atoms with van der Waals surface area (Å²) in [6, 6.07) is 15.4. The summed E-state index contributed by atoms with van der Waals surface area (Å²) in [6.07, 6.45) is 7.48. The summed E-state index contributed by atoms with van der Waals surface area (Å²) in [6.45, 7) is 3.59. The third-order valence-electron chi connectivity index (χ3n) is 7.28. The molecule has 170 valence electrons. The number of piperidine rings is 1. The summed E-state index contributed by atoms with van der Waals surface area (Å²) in [5, 5.41) is 0. The largest absolute Gasteiger partial charge is 0.493 e. The zero-order valence-corrected chi connectivity index (χ0v) is 18.7. The molecule has 32 heavy (non-hydrogen) atoms. The summed E-state index contributed by atoms with van der Waals surface area (Å²) in [7, 11) is 0. The van der Waals surface area contributed by atoms with Crippen LogP contribution in [0.25, 0.3) is 0 Å². The Bertz CT molecular complexity index is 910. The van der Waals surface area contributed by atoms with Crippen LogP contribution in [-0.2, 0) is 17.8 Å². The van der Waals surface area contributed by atoms with Crippen LogP contribution in [0.2, 0.25) is 0 Å². The third-order valence-corrected chi connectivity index (χ3v) is 7.28. The molecule has 0 N–H and O–H groups in total. The lowest BCUT2D eigenvalue weighted by Gasteiger charge is -2.41. The fraction of sp³-hybridized carbons (Fsp3) is 0.519. The van der Waals surface area contributed by atoms with Gasteiger partial charge in [-0.05, 0) is 86.4 Å². The van der Waals surface area contributed by atoms with Crippen LogP contribution < -0.4 is 4.74 Å². The zero-order chi connectivity index (χ0) is 21.9. The molecule has 0 aromatic heterocycles. The van der Waals surface area contributed by atoms with Gasteiger partial charge in [0.05, 0.1) is 13.0 Å². The molecule has 5 rings (SSSR count). The van der Waals surface area contributed by atoms with E-state index in [4.69, 9.17) is 4.74 Å². The van der Waals surface area contributed by atoms with Gasteiger partial charge in [0.2, 0.25) is 5.91 Å². The summed E-state index contributed by atoms with van der Waals surface area (Å²) < 4.78 is 19.2. The number of hydrogen-bond acceptors (Lipinski definition) is 3. The molecule has 4 nitrogen and oxygen atoms in total. The monoisotopic (exact) mass is 436 g/mol. The number of benzene rings is 2. The molecular formula is C27H33FN2O2. The number of hydrogen-bond donors (Lipinski definition) is 0. The Morgan fingerprint density at radius 1 is 0.969 bits per heavy atom. The number of carbonyl (C=O) groups excluding carboxylic acids is 1. The van der Waals surface area contributed by atoms with Gasteiger partial charge in [-0.1, -0.05) is 24.3 Å². The summed E-state index contributed by atoms with van der Waals surface area (Å²) in [5.41, 5.74) is 1.99. The molecule has 1 aliphatic carbocycles. The second kappa shape index (κ2) is 9.62. The minimum atomic E-state index is -0.241. The van der Waals surface area contributed by atoms with Gasteiger partial charge < -0.3 is 14.5 Å². The van der Waals surface area contributed by atoms with Crippen LogP contribution in [0.4, 0.5) is 4.39 Å². The molecule has 2 saturated heterocycles. The van der Waals surface area contributed by atoms with E-state index in [2.05, 4.69) is 9.80 Å². The van der Waals surface area contributed by atoms with Gasteiger partial charge in [0.25, 0.3) is 0 Å². The normalized spacial score (nSPS) is 23.0. The highest BCUT2D eigenvalue weighted by atomic mass is 19.1. The van der Waals surface area contributed by atoms with Gasteiger partial charge in [-0.2, -0.15) is 0 Å². The Labute approximate surface area is 190 Å². The minimum absolute atomic E-state index is 0.150. The molecule has 0 bridgehead atoms. The van der Waals surface area contributed by atoms with Gasteiger partial charge >= 0.3 is 0 Å². The van der Waals surface area contributed by atoms with Crippen LogP contribution in [0.5, 0.6) is 5.75 Å². The molecule has 2 aliphatic heterocycles. The van der Waals surface area contributed by atoms with Crippen LogP contribution in [0.1, 0.15) is 49.7 Å². The number of carbonyl (C=O) groups is 1. The second-order valence-corrected chi connectivity index (χ2v) is 9.73.